The van der Waals surface area contributed by atoms with Crippen LogP contribution >= 0.6 is 0 Å². The molecule has 2 aliphatic heterocycles. The number of hydrogen-bond donors (Lipinski definition) is 2. The predicted molar refractivity (Wildman–Crippen MR) is 242 cm³/mol. The minimum absolute atomic E-state index is 0.0240. The normalized spacial score (nSPS) is 12.9. The monoisotopic (exact) mass is 903 g/mol. The molecule has 3 heterocycles. The molecule has 0 saturated heterocycles. The van der Waals surface area contributed by atoms with Crippen LogP contribution in [-0.2, 0) is 45.2 Å². The Bertz CT molecular complexity index is 2640. The molecular weight excluding hydrogens is 849 g/mol. The van der Waals surface area contributed by atoms with Gasteiger partial charge >= 0.3 is 18.2 Å². The van der Waals surface area contributed by atoms with E-state index in [4.69, 9.17) is 28.4 Å². The summed E-state index contributed by atoms with van der Waals surface area (Å²) >= 11 is 0. The highest BCUT2D eigenvalue weighted by Gasteiger charge is 2.29. The molecule has 0 atom stereocenters. The number of aryl methyl sites for hydroxylation is 2. The summed E-state index contributed by atoms with van der Waals surface area (Å²) in [5.74, 6) is 0.478. The zero-order valence-corrected chi connectivity index (χ0v) is 38.0. The Kier molecular flexibility index (Phi) is 14.7. The highest BCUT2D eigenvalue weighted by atomic mass is 16.7. The summed E-state index contributed by atoms with van der Waals surface area (Å²) in [5, 5.41) is 23.4. The summed E-state index contributed by atoms with van der Waals surface area (Å²) in [6, 6.07) is 21.3. The summed E-state index contributed by atoms with van der Waals surface area (Å²) in [5.41, 5.74) is 5.41. The van der Waals surface area contributed by atoms with Gasteiger partial charge < -0.3 is 48.6 Å². The summed E-state index contributed by atoms with van der Waals surface area (Å²) in [7, 11) is 4.72. The standard InChI is InChI=1S/C49H54N6O11/c1-49(2,3)66-48(60)54(5)22-21-53(4)47(59)63-28-31-10-13-35(14-11-31)51-52-36-15-16-41(56)38(25-36)46(58)50-19-8-7-9-44(57)65-45-39-27-55-20-18-33-23-34-29-62-30-64-43(34)26-37(33)40(55)24-32(39)12-17-42(45)61-6/h10-17,23-27H,7-9,18-22,28-30H2,1-6H3,(H-,50,51,56,58)/p+1. The Labute approximate surface area is 382 Å². The number of aromatic hydroxyl groups is 1. The Morgan fingerprint density at radius 2 is 1.62 bits per heavy atom. The van der Waals surface area contributed by atoms with Crippen LogP contribution in [0.5, 0.6) is 23.0 Å². The lowest BCUT2D eigenvalue weighted by atomic mass is 9.93. The van der Waals surface area contributed by atoms with Gasteiger partial charge in [-0.25, -0.2) is 9.59 Å². The molecule has 1 aromatic heterocycles. The van der Waals surface area contributed by atoms with Gasteiger partial charge in [0.1, 0.15) is 23.7 Å². The molecule has 0 radical (unpaired) electrons. The SMILES string of the molecule is COc1ccc2cc3[n+](cc2c1OC(=O)CCCCNC(=O)c1cc(/N=N/c2ccc(COC(=O)N(C)CCN(C)C(=O)OC(C)(C)C)cc2)ccc1O)CCc1cc2c(cc1-3)OCOC2. The minimum atomic E-state index is -0.617. The third-order valence-electron chi connectivity index (χ3n) is 10.9. The molecule has 4 aromatic carbocycles. The summed E-state index contributed by atoms with van der Waals surface area (Å²) < 4.78 is 35.7. The number of phenols is 1. The summed E-state index contributed by atoms with van der Waals surface area (Å²) in [6.07, 6.45) is 2.85. The molecule has 0 aliphatic carbocycles. The first kappa shape index (κ1) is 46.7. The van der Waals surface area contributed by atoms with Gasteiger partial charge in [0.05, 0.1) is 41.6 Å². The third-order valence-corrected chi connectivity index (χ3v) is 10.9. The second-order valence-corrected chi connectivity index (χ2v) is 17.1. The number of phenolic OH excluding ortho intramolecular Hbond substituents is 1. The lowest BCUT2D eigenvalue weighted by molar-refractivity contribution is -0.686. The summed E-state index contributed by atoms with van der Waals surface area (Å²) in [4.78, 5) is 53.7. The molecule has 0 fully saturated rings. The van der Waals surface area contributed by atoms with Crippen molar-refractivity contribution in [2.45, 2.75) is 71.8 Å². The van der Waals surface area contributed by atoms with E-state index in [0.29, 0.717) is 42.3 Å². The Hall–Kier alpha value is -7.27. The fourth-order valence-electron chi connectivity index (χ4n) is 7.34. The highest BCUT2D eigenvalue weighted by molar-refractivity contribution is 5.97. The number of carbonyl (C=O) groups excluding carboxylic acids is 4. The van der Waals surface area contributed by atoms with E-state index in [2.05, 4.69) is 38.3 Å². The highest BCUT2D eigenvalue weighted by Crippen LogP contribution is 2.39. The lowest BCUT2D eigenvalue weighted by Gasteiger charge is -2.26. The predicted octanol–water partition coefficient (Wildman–Crippen LogP) is 8.29. The first-order chi connectivity index (χ1) is 31.6. The number of rotatable bonds is 15. The Balaban J connectivity index is 0.862. The largest absolute Gasteiger partial charge is 0.507 e. The average Bonchev–Trinajstić information content (AvgIpc) is 3.30. The van der Waals surface area contributed by atoms with Gasteiger partial charge in [0.25, 0.3) is 5.91 Å². The molecule has 2 aliphatic rings. The maximum Gasteiger partial charge on any atom is 0.410 e. The van der Waals surface area contributed by atoms with E-state index in [1.165, 1.54) is 40.7 Å². The maximum atomic E-state index is 13.2. The van der Waals surface area contributed by atoms with Crippen LogP contribution in [-0.4, -0.2) is 92.2 Å². The van der Waals surface area contributed by atoms with Gasteiger partial charge in [-0.05, 0) is 105 Å². The molecule has 66 heavy (non-hydrogen) atoms. The van der Waals surface area contributed by atoms with E-state index < -0.39 is 29.7 Å². The molecule has 0 saturated carbocycles. The van der Waals surface area contributed by atoms with Gasteiger partial charge in [-0.2, -0.15) is 14.8 Å². The molecule has 346 valence electrons. The van der Waals surface area contributed by atoms with Crippen molar-refractivity contribution in [3.8, 4) is 34.3 Å². The summed E-state index contributed by atoms with van der Waals surface area (Å²) in [6.45, 7) is 7.67. The zero-order valence-electron chi connectivity index (χ0n) is 38.0. The van der Waals surface area contributed by atoms with Crippen LogP contribution in [0.15, 0.2) is 89.2 Å². The van der Waals surface area contributed by atoms with Gasteiger partial charge in [-0.1, -0.05) is 12.1 Å². The number of pyridine rings is 1. The number of amides is 3. The number of unbranched alkanes of at least 4 members (excludes halogenated alkanes) is 1. The van der Waals surface area contributed by atoms with Crippen molar-refractivity contribution in [3.05, 3.63) is 101 Å². The topological polar surface area (TPSA) is 191 Å². The van der Waals surface area contributed by atoms with Gasteiger partial charge in [0.15, 0.2) is 31.0 Å². The van der Waals surface area contributed by atoms with E-state index in [-0.39, 0.29) is 50.8 Å². The van der Waals surface area contributed by atoms with Crippen LogP contribution in [0.1, 0.15) is 67.1 Å². The van der Waals surface area contributed by atoms with Gasteiger partial charge in [0, 0.05) is 58.2 Å². The number of hydrogen-bond acceptors (Lipinski definition) is 13. The Morgan fingerprint density at radius 3 is 2.38 bits per heavy atom. The number of methoxy groups -OCH3 is 1. The van der Waals surface area contributed by atoms with E-state index in [9.17, 15) is 24.3 Å². The second kappa shape index (κ2) is 20.7. The number of fused-ring (bicyclic) bond motifs is 5. The number of esters is 1. The van der Waals surface area contributed by atoms with Crippen molar-refractivity contribution < 1.29 is 57.3 Å². The number of benzene rings is 4. The number of carbonyl (C=O) groups is 4. The van der Waals surface area contributed by atoms with Crippen molar-refractivity contribution in [2.75, 3.05) is 47.6 Å². The molecule has 7 rings (SSSR count). The Morgan fingerprint density at radius 1 is 0.879 bits per heavy atom. The van der Waals surface area contributed by atoms with Crippen LogP contribution in [0.25, 0.3) is 22.0 Å². The van der Waals surface area contributed by atoms with E-state index in [1.54, 1.807) is 65.2 Å². The molecule has 17 nitrogen and oxygen atoms in total. The van der Waals surface area contributed by atoms with Gasteiger partial charge in [-0.15, -0.1) is 0 Å². The zero-order chi connectivity index (χ0) is 47.0. The van der Waals surface area contributed by atoms with Crippen LogP contribution in [0.3, 0.4) is 0 Å². The van der Waals surface area contributed by atoms with Crippen LogP contribution in [0.2, 0.25) is 0 Å². The van der Waals surface area contributed by atoms with Gasteiger partial charge in [0.2, 0.25) is 5.69 Å². The number of aromatic nitrogens is 1. The minimum Gasteiger partial charge on any atom is -0.507 e. The fraction of sp³-hybridized carbons (Fsp3) is 0.367. The number of nitrogens with one attached hydrogen (secondary N) is 1. The fourth-order valence-corrected chi connectivity index (χ4v) is 7.34. The van der Waals surface area contributed by atoms with E-state index in [0.717, 1.165) is 51.9 Å². The van der Waals surface area contributed by atoms with E-state index in [1.807, 2.05) is 12.3 Å². The van der Waals surface area contributed by atoms with Crippen molar-refractivity contribution in [3.63, 3.8) is 0 Å². The molecule has 17 heteroatoms. The van der Waals surface area contributed by atoms with Crippen LogP contribution in [0, 0.1) is 0 Å². The molecule has 5 aromatic rings. The number of nitrogens with zero attached hydrogens (tertiary/aromatic N) is 5. The van der Waals surface area contributed by atoms with E-state index >= 15 is 0 Å². The quantitative estimate of drug-likeness (QED) is 0.0338. The smallest absolute Gasteiger partial charge is 0.410 e. The molecule has 3 amide bonds. The third kappa shape index (κ3) is 11.7. The van der Waals surface area contributed by atoms with Crippen molar-refractivity contribution in [1.82, 2.24) is 15.1 Å². The van der Waals surface area contributed by atoms with Gasteiger partial charge in [-0.3, -0.25) is 9.59 Å². The first-order valence-electron chi connectivity index (χ1n) is 21.7. The number of likely N-dealkylation sites (N-methyl/N-ethyl adjacent to an activating group) is 2. The molecule has 2 N–H and O–H groups in total. The number of ether oxygens (including phenoxy) is 6. The second-order valence-electron chi connectivity index (χ2n) is 17.1. The maximum absolute atomic E-state index is 13.2. The molecular formula is C49H55N6O11+. The average molecular weight is 904 g/mol. The molecule has 0 bridgehead atoms. The molecule has 0 spiro atoms. The van der Waals surface area contributed by atoms with Crippen LogP contribution in [0.4, 0.5) is 21.0 Å². The van der Waals surface area contributed by atoms with Crippen molar-refractivity contribution >= 4 is 46.2 Å². The first-order valence-corrected chi connectivity index (χ1v) is 21.7. The van der Waals surface area contributed by atoms with Crippen molar-refractivity contribution in [1.29, 1.82) is 0 Å². The molecule has 0 unspecified atom stereocenters. The van der Waals surface area contributed by atoms with Crippen molar-refractivity contribution in [2.24, 2.45) is 10.2 Å². The number of azo groups is 1. The lowest BCUT2D eigenvalue weighted by Crippen LogP contribution is -2.40. The van der Waals surface area contributed by atoms with Crippen LogP contribution < -0.4 is 24.1 Å².